The van der Waals surface area contributed by atoms with Crippen molar-refractivity contribution in [2.75, 3.05) is 32.1 Å². The van der Waals surface area contributed by atoms with Gasteiger partial charge in [-0.3, -0.25) is 0 Å². The third-order valence-electron chi connectivity index (χ3n) is 5.14. The Morgan fingerprint density at radius 3 is 2.76 bits per heavy atom. The monoisotopic (exact) mass is 354 g/mol. The molecule has 1 N–H and O–H groups in total. The van der Waals surface area contributed by atoms with Gasteiger partial charge in [-0.15, -0.1) is 11.3 Å². The van der Waals surface area contributed by atoms with Crippen molar-refractivity contribution >= 4 is 27.4 Å². The Kier molecular flexibility index (Phi) is 4.19. The van der Waals surface area contributed by atoms with Crippen LogP contribution in [-0.2, 0) is 5.60 Å². The van der Waals surface area contributed by atoms with E-state index >= 15 is 0 Å². The molecule has 0 saturated carbocycles. The first-order valence-electron chi connectivity index (χ1n) is 8.47. The van der Waals surface area contributed by atoms with Crippen LogP contribution in [0, 0.1) is 0 Å². The van der Waals surface area contributed by atoms with Crippen LogP contribution in [0.3, 0.4) is 0 Å². The van der Waals surface area contributed by atoms with Gasteiger partial charge in [0.1, 0.15) is 22.6 Å². The zero-order chi connectivity index (χ0) is 17.4. The number of thiophene rings is 1. The van der Waals surface area contributed by atoms with E-state index in [2.05, 4.69) is 31.2 Å². The minimum atomic E-state index is -0.859. The van der Waals surface area contributed by atoms with Gasteiger partial charge in [-0.05, 0) is 37.5 Å². The third-order valence-corrected chi connectivity index (χ3v) is 5.97. The molecule has 5 nitrogen and oxygen atoms in total. The van der Waals surface area contributed by atoms with E-state index < -0.39 is 5.60 Å². The molecule has 0 aliphatic carbocycles. The smallest absolute Gasteiger partial charge is 0.140 e. The predicted molar refractivity (Wildman–Crippen MR) is 102 cm³/mol. The Labute approximate surface area is 151 Å². The average Bonchev–Trinajstić information content (AvgIpc) is 3.11. The normalized spacial score (nSPS) is 24.2. The van der Waals surface area contributed by atoms with Crippen LogP contribution in [0.1, 0.15) is 12.0 Å². The van der Waals surface area contributed by atoms with Gasteiger partial charge in [0, 0.05) is 13.1 Å². The molecule has 1 saturated heterocycles. The highest BCUT2D eigenvalue weighted by Gasteiger charge is 2.44. The van der Waals surface area contributed by atoms with Crippen LogP contribution in [0.4, 0.5) is 5.82 Å². The maximum absolute atomic E-state index is 11.5. The Bertz CT molecular complexity index is 866. The second kappa shape index (κ2) is 6.37. The number of likely N-dealkylation sites (N-methyl/N-ethyl adjacent to an activating group) is 1. The van der Waals surface area contributed by atoms with Gasteiger partial charge in [-0.25, -0.2) is 9.97 Å². The molecule has 3 aromatic rings. The molecule has 3 heterocycles. The quantitative estimate of drug-likeness (QED) is 0.784. The van der Waals surface area contributed by atoms with Crippen molar-refractivity contribution in [3.63, 3.8) is 0 Å². The summed E-state index contributed by atoms with van der Waals surface area (Å²) in [6.45, 7) is 1.48. The maximum atomic E-state index is 11.5. The number of anilines is 1. The number of aromatic nitrogens is 2. The predicted octanol–water partition coefficient (Wildman–Crippen LogP) is 2.72. The second-order valence-electron chi connectivity index (χ2n) is 6.80. The number of hydrogen-bond acceptors (Lipinski definition) is 6. The van der Waals surface area contributed by atoms with E-state index in [0.717, 1.165) is 34.7 Å². The van der Waals surface area contributed by atoms with E-state index in [0.29, 0.717) is 6.42 Å². The zero-order valence-electron chi connectivity index (χ0n) is 14.5. The van der Waals surface area contributed by atoms with E-state index in [-0.39, 0.29) is 6.04 Å². The SMILES string of the molecule is CN(C)[C@@H]1CN(c2ncnc3sccc23)CC[C@]1(O)c1ccccc1. The van der Waals surface area contributed by atoms with Gasteiger partial charge in [-0.2, -0.15) is 0 Å². The average molecular weight is 354 g/mol. The van der Waals surface area contributed by atoms with Crippen LogP contribution in [0.25, 0.3) is 10.2 Å². The molecule has 6 heteroatoms. The zero-order valence-corrected chi connectivity index (χ0v) is 15.3. The molecule has 0 radical (unpaired) electrons. The van der Waals surface area contributed by atoms with Crippen LogP contribution in [0.5, 0.6) is 0 Å². The molecular formula is C19H22N4OS. The summed E-state index contributed by atoms with van der Waals surface area (Å²) in [5.74, 6) is 0.966. The Morgan fingerprint density at radius 2 is 2.00 bits per heavy atom. The van der Waals surface area contributed by atoms with Crippen molar-refractivity contribution in [2.24, 2.45) is 0 Å². The first-order chi connectivity index (χ1) is 12.1. The first kappa shape index (κ1) is 16.4. The lowest BCUT2D eigenvalue weighted by Crippen LogP contribution is -2.59. The van der Waals surface area contributed by atoms with Gasteiger partial charge in [-0.1, -0.05) is 30.3 Å². The second-order valence-corrected chi connectivity index (χ2v) is 7.70. The summed E-state index contributed by atoms with van der Waals surface area (Å²) in [5.41, 5.74) is 0.124. The molecule has 1 fully saturated rings. The molecule has 4 rings (SSSR count). The Hall–Kier alpha value is -2.02. The number of fused-ring (bicyclic) bond motifs is 1. The van der Waals surface area contributed by atoms with E-state index in [9.17, 15) is 5.11 Å². The van der Waals surface area contributed by atoms with Crippen LogP contribution in [0.2, 0.25) is 0 Å². The highest BCUT2D eigenvalue weighted by Crippen LogP contribution is 2.38. The van der Waals surface area contributed by atoms with Gasteiger partial charge in [0.25, 0.3) is 0 Å². The minimum Gasteiger partial charge on any atom is -0.383 e. The lowest BCUT2D eigenvalue weighted by Gasteiger charge is -2.48. The molecule has 0 unspecified atom stereocenters. The third kappa shape index (κ3) is 2.80. The summed E-state index contributed by atoms with van der Waals surface area (Å²) < 4.78 is 0. The summed E-state index contributed by atoms with van der Waals surface area (Å²) in [6.07, 6.45) is 2.30. The number of hydrogen-bond donors (Lipinski definition) is 1. The maximum Gasteiger partial charge on any atom is 0.140 e. The minimum absolute atomic E-state index is 0.0210. The lowest BCUT2D eigenvalue weighted by atomic mass is 9.80. The Balaban J connectivity index is 1.69. The van der Waals surface area contributed by atoms with Gasteiger partial charge >= 0.3 is 0 Å². The first-order valence-corrected chi connectivity index (χ1v) is 9.35. The summed E-state index contributed by atoms with van der Waals surface area (Å²) in [6, 6.07) is 12.1. The molecule has 25 heavy (non-hydrogen) atoms. The lowest BCUT2D eigenvalue weighted by molar-refractivity contribution is -0.0527. The molecule has 0 spiro atoms. The fraction of sp³-hybridized carbons (Fsp3) is 0.368. The fourth-order valence-corrected chi connectivity index (χ4v) is 4.53. The largest absolute Gasteiger partial charge is 0.383 e. The number of benzene rings is 1. The summed E-state index contributed by atoms with van der Waals surface area (Å²) in [5, 5.41) is 14.7. The summed E-state index contributed by atoms with van der Waals surface area (Å²) in [4.78, 5) is 14.3. The molecule has 0 bridgehead atoms. The van der Waals surface area contributed by atoms with Crippen LogP contribution >= 0.6 is 11.3 Å². The van der Waals surface area contributed by atoms with E-state index in [1.54, 1.807) is 17.7 Å². The Morgan fingerprint density at radius 1 is 1.20 bits per heavy atom. The van der Waals surface area contributed by atoms with Crippen molar-refractivity contribution in [2.45, 2.75) is 18.1 Å². The molecule has 1 aliphatic heterocycles. The number of nitrogens with zero attached hydrogens (tertiary/aromatic N) is 4. The molecule has 2 aromatic heterocycles. The van der Waals surface area contributed by atoms with Crippen molar-refractivity contribution < 1.29 is 5.11 Å². The van der Waals surface area contributed by atoms with Gasteiger partial charge < -0.3 is 14.9 Å². The fourth-order valence-electron chi connectivity index (χ4n) is 3.80. The standard InChI is InChI=1S/C19H22N4OS/c1-22(2)16-12-23(17-15-8-11-25-18(15)21-13-20-17)10-9-19(16,24)14-6-4-3-5-7-14/h3-8,11,13,16,24H,9-10,12H2,1-2H3/t16-,19+/m1/s1. The molecule has 1 aromatic carbocycles. The van der Waals surface area contributed by atoms with Crippen LogP contribution in [-0.4, -0.2) is 53.2 Å². The number of piperidine rings is 1. The van der Waals surface area contributed by atoms with Gasteiger partial charge in [0.15, 0.2) is 0 Å². The van der Waals surface area contributed by atoms with Crippen molar-refractivity contribution in [1.82, 2.24) is 14.9 Å². The molecular weight excluding hydrogens is 332 g/mol. The van der Waals surface area contributed by atoms with Crippen LogP contribution in [0.15, 0.2) is 48.1 Å². The molecule has 130 valence electrons. The van der Waals surface area contributed by atoms with Crippen LogP contribution < -0.4 is 4.90 Å². The summed E-state index contributed by atoms with van der Waals surface area (Å²) in [7, 11) is 4.06. The van der Waals surface area contributed by atoms with Gasteiger partial charge in [0.2, 0.25) is 0 Å². The topological polar surface area (TPSA) is 52.5 Å². The van der Waals surface area contributed by atoms with Crippen molar-refractivity contribution in [3.05, 3.63) is 53.7 Å². The highest BCUT2D eigenvalue weighted by molar-refractivity contribution is 7.16. The number of aliphatic hydroxyl groups is 1. The number of rotatable bonds is 3. The highest BCUT2D eigenvalue weighted by atomic mass is 32.1. The van der Waals surface area contributed by atoms with E-state index in [4.69, 9.17) is 0 Å². The molecule has 0 amide bonds. The molecule has 2 atom stereocenters. The molecule has 1 aliphatic rings. The van der Waals surface area contributed by atoms with Crippen molar-refractivity contribution in [3.8, 4) is 0 Å². The van der Waals surface area contributed by atoms with Crippen molar-refractivity contribution in [1.29, 1.82) is 0 Å². The van der Waals surface area contributed by atoms with E-state index in [1.807, 2.05) is 44.4 Å². The van der Waals surface area contributed by atoms with E-state index in [1.165, 1.54) is 0 Å². The summed E-state index contributed by atoms with van der Waals surface area (Å²) >= 11 is 1.63. The van der Waals surface area contributed by atoms with Gasteiger partial charge in [0.05, 0.1) is 11.4 Å².